The number of hydrogen-bond donors (Lipinski definition) is 0. The van der Waals surface area contributed by atoms with Gasteiger partial charge in [-0.1, -0.05) is 12.1 Å². The minimum Gasteiger partial charge on any atom is -0.352 e. The molecular formula is C15H13FN2. The van der Waals surface area contributed by atoms with Gasteiger partial charge in [-0.2, -0.15) is 0 Å². The highest BCUT2D eigenvalue weighted by atomic mass is 19.1. The molecule has 0 bridgehead atoms. The number of benzene rings is 2. The van der Waals surface area contributed by atoms with Crippen molar-refractivity contribution in [3.63, 3.8) is 0 Å². The van der Waals surface area contributed by atoms with Crippen molar-refractivity contribution in [2.24, 2.45) is 0 Å². The molecule has 2 nitrogen and oxygen atoms in total. The molecule has 0 aliphatic carbocycles. The van der Waals surface area contributed by atoms with Gasteiger partial charge in [0.1, 0.15) is 12.0 Å². The largest absolute Gasteiger partial charge is 0.352 e. The predicted octanol–water partition coefficient (Wildman–Crippen LogP) is 3.30. The molecule has 0 radical (unpaired) electrons. The number of para-hydroxylation sites is 2. The fourth-order valence-corrected chi connectivity index (χ4v) is 3.13. The van der Waals surface area contributed by atoms with Crippen LogP contribution in [0.15, 0.2) is 42.5 Å². The van der Waals surface area contributed by atoms with Crippen molar-refractivity contribution in [3.8, 4) is 0 Å². The Balaban J connectivity index is 1.93. The van der Waals surface area contributed by atoms with E-state index in [0.717, 1.165) is 17.7 Å². The third-order valence-electron chi connectivity index (χ3n) is 3.97. The zero-order valence-electron chi connectivity index (χ0n) is 10.1. The molecule has 18 heavy (non-hydrogen) atoms. The molecule has 2 aromatic carbocycles. The summed E-state index contributed by atoms with van der Waals surface area (Å²) in [6.07, 6.45) is 1.16. The second-order valence-corrected chi connectivity index (χ2v) is 4.93. The van der Waals surface area contributed by atoms with Crippen molar-refractivity contribution < 1.29 is 4.39 Å². The van der Waals surface area contributed by atoms with Crippen LogP contribution in [0.4, 0.5) is 21.5 Å². The summed E-state index contributed by atoms with van der Waals surface area (Å²) in [5.41, 5.74) is 4.70. The summed E-state index contributed by atoms with van der Waals surface area (Å²) in [5.74, 6) is -0.147. The lowest BCUT2D eigenvalue weighted by atomic mass is 10.1. The van der Waals surface area contributed by atoms with E-state index in [4.69, 9.17) is 0 Å². The molecule has 1 atom stereocenters. The lowest BCUT2D eigenvalue weighted by Crippen LogP contribution is -2.35. The van der Waals surface area contributed by atoms with Crippen LogP contribution in [0.3, 0.4) is 0 Å². The van der Waals surface area contributed by atoms with Gasteiger partial charge in [0.25, 0.3) is 0 Å². The van der Waals surface area contributed by atoms with Gasteiger partial charge in [0.2, 0.25) is 0 Å². The Hall–Kier alpha value is -2.03. The van der Waals surface area contributed by atoms with Crippen LogP contribution in [0.2, 0.25) is 0 Å². The molecule has 0 amide bonds. The van der Waals surface area contributed by atoms with Gasteiger partial charge in [-0.05, 0) is 35.9 Å². The Morgan fingerprint density at radius 3 is 2.67 bits per heavy atom. The summed E-state index contributed by atoms with van der Waals surface area (Å²) in [6, 6.07) is 13.5. The molecule has 2 aliphatic heterocycles. The van der Waals surface area contributed by atoms with Gasteiger partial charge in [0, 0.05) is 19.2 Å². The number of halogens is 1. The molecule has 1 unspecified atom stereocenters. The highest BCUT2D eigenvalue weighted by Crippen LogP contribution is 2.49. The van der Waals surface area contributed by atoms with Gasteiger partial charge < -0.3 is 9.80 Å². The number of nitrogens with zero attached hydrogens (tertiary/aromatic N) is 2. The average molecular weight is 240 g/mol. The summed E-state index contributed by atoms with van der Waals surface area (Å²) in [4.78, 5) is 4.58. The van der Waals surface area contributed by atoms with Crippen LogP contribution >= 0.6 is 0 Å². The second kappa shape index (κ2) is 3.25. The summed E-state index contributed by atoms with van der Waals surface area (Å²) in [7, 11) is 2.10. The molecular weight excluding hydrogens is 227 g/mol. The number of likely N-dealkylation sites (N-methyl/N-ethyl adjacent to an activating group) is 1. The fourth-order valence-electron chi connectivity index (χ4n) is 3.13. The average Bonchev–Trinajstić information content (AvgIpc) is 2.87. The van der Waals surface area contributed by atoms with Gasteiger partial charge in [0.15, 0.2) is 0 Å². The van der Waals surface area contributed by atoms with E-state index in [-0.39, 0.29) is 5.82 Å². The fraction of sp³-hybridized carbons (Fsp3) is 0.200. The van der Waals surface area contributed by atoms with E-state index in [1.165, 1.54) is 11.4 Å². The highest BCUT2D eigenvalue weighted by Gasteiger charge is 2.40. The SMILES string of the molecule is CN1c2ccccc2N2c3ccc(F)cc3CC12. The Kier molecular flexibility index (Phi) is 1.80. The van der Waals surface area contributed by atoms with Crippen LogP contribution in [0, 0.1) is 5.82 Å². The smallest absolute Gasteiger partial charge is 0.123 e. The maximum absolute atomic E-state index is 13.3. The van der Waals surface area contributed by atoms with Gasteiger partial charge in [-0.25, -0.2) is 4.39 Å². The summed E-state index contributed by atoms with van der Waals surface area (Å²) >= 11 is 0. The molecule has 0 saturated carbocycles. The molecule has 90 valence electrons. The Labute approximate surface area is 105 Å². The maximum atomic E-state index is 13.3. The van der Waals surface area contributed by atoms with Crippen LogP contribution in [0.5, 0.6) is 0 Å². The molecule has 0 spiro atoms. The van der Waals surface area contributed by atoms with Gasteiger partial charge in [-0.15, -0.1) is 0 Å². The number of rotatable bonds is 0. The highest BCUT2D eigenvalue weighted by molar-refractivity contribution is 5.86. The third kappa shape index (κ3) is 1.11. The molecule has 0 aromatic heterocycles. The lowest BCUT2D eigenvalue weighted by Gasteiger charge is -2.23. The third-order valence-corrected chi connectivity index (χ3v) is 3.97. The summed E-state index contributed by atoms with van der Waals surface area (Å²) < 4.78 is 13.3. The molecule has 2 aliphatic rings. The maximum Gasteiger partial charge on any atom is 0.123 e. The molecule has 2 heterocycles. The van der Waals surface area contributed by atoms with E-state index in [9.17, 15) is 4.39 Å². The second-order valence-electron chi connectivity index (χ2n) is 4.93. The summed E-state index contributed by atoms with van der Waals surface area (Å²) in [5, 5.41) is 0. The molecule has 3 heteroatoms. The van der Waals surface area contributed by atoms with E-state index in [0.29, 0.717) is 6.17 Å². The van der Waals surface area contributed by atoms with Gasteiger partial charge >= 0.3 is 0 Å². The van der Waals surface area contributed by atoms with Crippen molar-refractivity contribution >= 4 is 17.1 Å². The molecule has 0 saturated heterocycles. The van der Waals surface area contributed by atoms with Crippen LogP contribution in [-0.2, 0) is 6.42 Å². The van der Waals surface area contributed by atoms with E-state index in [1.807, 2.05) is 6.07 Å². The monoisotopic (exact) mass is 240 g/mol. The molecule has 2 aromatic rings. The van der Waals surface area contributed by atoms with Crippen molar-refractivity contribution in [1.82, 2.24) is 0 Å². The number of anilines is 3. The topological polar surface area (TPSA) is 6.48 Å². The Morgan fingerprint density at radius 1 is 1.06 bits per heavy atom. The number of fused-ring (bicyclic) bond motifs is 5. The van der Waals surface area contributed by atoms with Crippen molar-refractivity contribution in [1.29, 1.82) is 0 Å². The quantitative estimate of drug-likeness (QED) is 0.697. The van der Waals surface area contributed by atoms with E-state index in [1.54, 1.807) is 12.1 Å². The Bertz CT molecular complexity index is 638. The van der Waals surface area contributed by atoms with E-state index < -0.39 is 0 Å². The minimum atomic E-state index is -0.147. The predicted molar refractivity (Wildman–Crippen MR) is 70.9 cm³/mol. The van der Waals surface area contributed by atoms with Gasteiger partial charge in [-0.3, -0.25) is 0 Å². The van der Waals surface area contributed by atoms with Gasteiger partial charge in [0.05, 0.1) is 11.4 Å². The molecule has 4 rings (SSSR count). The van der Waals surface area contributed by atoms with Crippen LogP contribution in [0.1, 0.15) is 5.56 Å². The summed E-state index contributed by atoms with van der Waals surface area (Å²) in [6.45, 7) is 0. The molecule has 0 fully saturated rings. The van der Waals surface area contributed by atoms with Crippen molar-refractivity contribution in [3.05, 3.63) is 53.8 Å². The first-order chi connectivity index (χ1) is 8.75. The van der Waals surface area contributed by atoms with E-state index >= 15 is 0 Å². The lowest BCUT2D eigenvalue weighted by molar-refractivity contribution is 0.625. The zero-order valence-corrected chi connectivity index (χ0v) is 10.1. The van der Waals surface area contributed by atoms with Crippen LogP contribution in [0.25, 0.3) is 0 Å². The first kappa shape index (κ1) is 9.95. The standard InChI is InChI=1S/C15H13FN2/c1-17-13-4-2-3-5-14(13)18-12-7-6-11(16)8-10(12)9-15(17)18/h2-8,15H,9H2,1H3. The molecule has 0 N–H and O–H groups in total. The minimum absolute atomic E-state index is 0.147. The van der Waals surface area contributed by atoms with Crippen molar-refractivity contribution in [2.45, 2.75) is 12.6 Å². The number of hydrogen-bond acceptors (Lipinski definition) is 2. The van der Waals surface area contributed by atoms with Crippen molar-refractivity contribution in [2.75, 3.05) is 16.8 Å². The Morgan fingerprint density at radius 2 is 1.83 bits per heavy atom. The zero-order chi connectivity index (χ0) is 12.3. The van der Waals surface area contributed by atoms with Crippen LogP contribution < -0.4 is 9.80 Å². The first-order valence-electron chi connectivity index (χ1n) is 6.15. The normalized spacial score (nSPS) is 19.8. The van der Waals surface area contributed by atoms with Crippen LogP contribution in [-0.4, -0.2) is 13.2 Å². The van der Waals surface area contributed by atoms with E-state index in [2.05, 4.69) is 41.1 Å². The first-order valence-corrected chi connectivity index (χ1v) is 6.15.